The molecule has 94 valence electrons. The van der Waals surface area contributed by atoms with Gasteiger partial charge in [0.05, 0.1) is 19.4 Å². The summed E-state index contributed by atoms with van der Waals surface area (Å²) in [4.78, 5) is 4.08. The molecule has 1 aliphatic rings. The first-order valence-electron chi connectivity index (χ1n) is 5.55. The molecule has 3 heterocycles. The maximum Gasteiger partial charge on any atom is 0.152 e. The van der Waals surface area contributed by atoms with Crippen molar-refractivity contribution in [3.8, 4) is 5.75 Å². The second-order valence-corrected chi connectivity index (χ2v) is 4.71. The highest BCUT2D eigenvalue weighted by Gasteiger charge is 2.21. The topological polar surface area (TPSA) is 62.1 Å². The molecule has 0 aliphatic carbocycles. The Labute approximate surface area is 112 Å². The molecule has 1 aliphatic heterocycles. The van der Waals surface area contributed by atoms with Crippen LogP contribution in [-0.4, -0.2) is 33.2 Å². The summed E-state index contributed by atoms with van der Waals surface area (Å²) >= 11 is 3.32. The van der Waals surface area contributed by atoms with Crippen molar-refractivity contribution in [1.29, 1.82) is 0 Å². The number of nitrogens with zero attached hydrogens (tertiary/aromatic N) is 4. The van der Waals surface area contributed by atoms with E-state index in [9.17, 15) is 0 Å². The normalized spacial score (nSPS) is 15.4. The number of ether oxygens (including phenoxy) is 2. The molecule has 0 unspecified atom stereocenters. The predicted molar refractivity (Wildman–Crippen MR) is 66.1 cm³/mol. The first kappa shape index (κ1) is 11.6. The van der Waals surface area contributed by atoms with E-state index in [1.54, 1.807) is 6.20 Å². The van der Waals surface area contributed by atoms with Crippen molar-refractivity contribution in [1.82, 2.24) is 20.0 Å². The third-order valence-electron chi connectivity index (χ3n) is 2.65. The Morgan fingerprint density at radius 3 is 3.11 bits per heavy atom. The van der Waals surface area contributed by atoms with Crippen LogP contribution in [0.3, 0.4) is 0 Å². The highest BCUT2D eigenvalue weighted by atomic mass is 79.9. The predicted octanol–water partition coefficient (Wildman–Crippen LogP) is 1.59. The lowest BCUT2D eigenvalue weighted by molar-refractivity contribution is -0.0294. The molecular formula is C11H11BrN4O2. The highest BCUT2D eigenvalue weighted by Crippen LogP contribution is 2.22. The monoisotopic (exact) mass is 310 g/mol. The summed E-state index contributed by atoms with van der Waals surface area (Å²) in [6, 6.07) is 3.99. The minimum atomic E-state index is 0.316. The van der Waals surface area contributed by atoms with Crippen molar-refractivity contribution >= 4 is 15.9 Å². The highest BCUT2D eigenvalue weighted by molar-refractivity contribution is 9.10. The van der Waals surface area contributed by atoms with Crippen molar-refractivity contribution in [2.24, 2.45) is 0 Å². The van der Waals surface area contributed by atoms with Crippen molar-refractivity contribution < 1.29 is 9.47 Å². The van der Waals surface area contributed by atoms with Crippen LogP contribution in [0.15, 0.2) is 29.1 Å². The van der Waals surface area contributed by atoms with E-state index >= 15 is 0 Å². The largest absolute Gasteiger partial charge is 0.484 e. The maximum atomic E-state index is 5.61. The van der Waals surface area contributed by atoms with Gasteiger partial charge in [-0.15, -0.1) is 5.10 Å². The van der Waals surface area contributed by atoms with E-state index in [1.165, 1.54) is 0 Å². The smallest absolute Gasteiger partial charge is 0.152 e. The van der Waals surface area contributed by atoms with Crippen LogP contribution in [0.25, 0.3) is 0 Å². The van der Waals surface area contributed by atoms with Gasteiger partial charge in [-0.05, 0) is 28.1 Å². The SMILES string of the molecule is Brc1ncccc1OCc1cn(C2COC2)nn1. The van der Waals surface area contributed by atoms with E-state index < -0.39 is 0 Å². The third-order valence-corrected chi connectivity index (χ3v) is 3.25. The average molecular weight is 311 g/mol. The van der Waals surface area contributed by atoms with Gasteiger partial charge in [0, 0.05) is 6.20 Å². The van der Waals surface area contributed by atoms with Gasteiger partial charge in [0.2, 0.25) is 0 Å². The molecule has 0 bridgehead atoms. The van der Waals surface area contributed by atoms with Crippen LogP contribution in [0.5, 0.6) is 5.75 Å². The standard InChI is InChI=1S/C11H11BrN4O2/c12-11-10(2-1-3-13-11)18-5-8-4-16(15-14-8)9-6-17-7-9/h1-4,9H,5-7H2. The first-order chi connectivity index (χ1) is 8.83. The molecule has 18 heavy (non-hydrogen) atoms. The van der Waals surface area contributed by atoms with Gasteiger partial charge in [-0.1, -0.05) is 5.21 Å². The van der Waals surface area contributed by atoms with Crippen LogP contribution in [0.1, 0.15) is 11.7 Å². The minimum absolute atomic E-state index is 0.316. The maximum absolute atomic E-state index is 5.61. The van der Waals surface area contributed by atoms with Gasteiger partial charge < -0.3 is 9.47 Å². The molecule has 6 nitrogen and oxygen atoms in total. The Hall–Kier alpha value is -1.47. The van der Waals surface area contributed by atoms with E-state index in [2.05, 4.69) is 31.2 Å². The van der Waals surface area contributed by atoms with Crippen LogP contribution in [-0.2, 0) is 11.3 Å². The Morgan fingerprint density at radius 2 is 2.39 bits per heavy atom. The van der Waals surface area contributed by atoms with Crippen molar-refractivity contribution in [3.05, 3.63) is 34.8 Å². The van der Waals surface area contributed by atoms with Gasteiger partial charge in [-0.2, -0.15) is 0 Å². The van der Waals surface area contributed by atoms with E-state index in [0.29, 0.717) is 36.2 Å². The second kappa shape index (κ2) is 5.03. The lowest BCUT2D eigenvalue weighted by Gasteiger charge is -2.25. The number of hydrogen-bond acceptors (Lipinski definition) is 5. The second-order valence-electron chi connectivity index (χ2n) is 3.96. The third kappa shape index (κ3) is 2.37. The Balaban J connectivity index is 1.63. The van der Waals surface area contributed by atoms with Gasteiger partial charge in [0.1, 0.15) is 22.9 Å². The van der Waals surface area contributed by atoms with Gasteiger partial charge >= 0.3 is 0 Å². The number of aromatic nitrogens is 4. The fourth-order valence-corrected chi connectivity index (χ4v) is 1.93. The zero-order valence-electron chi connectivity index (χ0n) is 9.49. The molecule has 0 saturated carbocycles. The van der Waals surface area contributed by atoms with E-state index in [1.807, 2.05) is 23.0 Å². The van der Waals surface area contributed by atoms with Crippen molar-refractivity contribution in [2.45, 2.75) is 12.6 Å². The van der Waals surface area contributed by atoms with Crippen LogP contribution in [0.4, 0.5) is 0 Å². The Bertz CT molecular complexity index is 541. The Kier molecular flexibility index (Phi) is 3.24. The number of hydrogen-bond donors (Lipinski definition) is 0. The summed E-state index contributed by atoms with van der Waals surface area (Å²) in [6.07, 6.45) is 3.58. The van der Waals surface area contributed by atoms with Crippen LogP contribution >= 0.6 is 15.9 Å². The fraction of sp³-hybridized carbons (Fsp3) is 0.364. The lowest BCUT2D eigenvalue weighted by atomic mass is 10.3. The number of halogens is 1. The zero-order chi connectivity index (χ0) is 12.4. The number of rotatable bonds is 4. The summed E-state index contributed by atoms with van der Waals surface area (Å²) in [5.74, 6) is 0.694. The Morgan fingerprint density at radius 1 is 1.50 bits per heavy atom. The molecule has 1 fully saturated rings. The molecule has 0 atom stereocenters. The minimum Gasteiger partial charge on any atom is -0.484 e. The number of pyridine rings is 1. The van der Waals surface area contributed by atoms with Gasteiger partial charge in [0.15, 0.2) is 5.75 Å². The summed E-state index contributed by atoms with van der Waals surface area (Å²) < 4.78 is 13.2. The molecule has 0 radical (unpaired) electrons. The van der Waals surface area contributed by atoms with E-state index in [0.717, 1.165) is 5.69 Å². The average Bonchev–Trinajstić information content (AvgIpc) is 2.74. The molecule has 0 aromatic carbocycles. The molecule has 3 rings (SSSR count). The van der Waals surface area contributed by atoms with Crippen molar-refractivity contribution in [2.75, 3.05) is 13.2 Å². The molecule has 2 aromatic heterocycles. The van der Waals surface area contributed by atoms with Crippen LogP contribution in [0.2, 0.25) is 0 Å². The summed E-state index contributed by atoms with van der Waals surface area (Å²) in [5, 5.41) is 8.11. The molecule has 7 heteroatoms. The van der Waals surface area contributed by atoms with E-state index in [4.69, 9.17) is 9.47 Å². The first-order valence-corrected chi connectivity index (χ1v) is 6.34. The summed E-state index contributed by atoms with van der Waals surface area (Å²) in [7, 11) is 0. The van der Waals surface area contributed by atoms with Gasteiger partial charge in [-0.3, -0.25) is 0 Å². The summed E-state index contributed by atoms with van der Waals surface area (Å²) in [5.41, 5.74) is 0.789. The molecule has 0 N–H and O–H groups in total. The van der Waals surface area contributed by atoms with Crippen LogP contribution in [0, 0.1) is 0 Å². The lowest BCUT2D eigenvalue weighted by Crippen LogP contribution is -2.30. The quantitative estimate of drug-likeness (QED) is 0.802. The molecule has 2 aromatic rings. The zero-order valence-corrected chi connectivity index (χ0v) is 11.1. The van der Waals surface area contributed by atoms with Crippen molar-refractivity contribution in [3.63, 3.8) is 0 Å². The van der Waals surface area contributed by atoms with Crippen LogP contribution < -0.4 is 4.74 Å². The molecule has 0 spiro atoms. The molecular weight excluding hydrogens is 300 g/mol. The molecule has 0 amide bonds. The van der Waals surface area contributed by atoms with E-state index in [-0.39, 0.29) is 0 Å². The fourth-order valence-electron chi connectivity index (χ4n) is 1.56. The van der Waals surface area contributed by atoms with Gasteiger partial charge in [-0.25, -0.2) is 9.67 Å². The summed E-state index contributed by atoms with van der Waals surface area (Å²) in [6.45, 7) is 1.79. The van der Waals surface area contributed by atoms with Gasteiger partial charge in [0.25, 0.3) is 0 Å². The molecule has 1 saturated heterocycles.